The average molecular weight is 536 g/mol. The lowest BCUT2D eigenvalue weighted by Crippen LogP contribution is -2.50. The number of hydrogen-bond acceptors (Lipinski definition) is 7. The van der Waals surface area contributed by atoms with E-state index in [4.69, 9.17) is 4.74 Å². The standard InChI is InChI=1S/C30H35F2N5O2/c1-30(38)9-3-4-26(30)37-12-13-39-29-23(31)14-21(15-25(29)37)28-24(32)18-34-27(35-28)16-22-6-5-20(17-33-22)19-7-10-36(2)11-8-19/h5-6,14-15,17-19,26,38H,3-4,7-13,16H2,1-2H3. The van der Waals surface area contributed by atoms with Crippen LogP contribution in [0.2, 0.25) is 0 Å². The number of pyridine rings is 1. The number of piperidine rings is 1. The SMILES string of the molecule is CN1CCC(c2ccc(Cc3ncc(F)c(-c4cc(F)c5c(c4)N(C4CCCC4(C)O)CCO5)n3)nc2)CC1. The van der Waals surface area contributed by atoms with Crippen molar-refractivity contribution in [1.82, 2.24) is 19.9 Å². The average Bonchev–Trinajstić information content (AvgIpc) is 3.29. The Balaban J connectivity index is 1.26. The van der Waals surface area contributed by atoms with Crippen molar-refractivity contribution in [3.05, 3.63) is 65.4 Å². The van der Waals surface area contributed by atoms with Gasteiger partial charge in [-0.15, -0.1) is 0 Å². The van der Waals surface area contributed by atoms with Gasteiger partial charge in [-0.05, 0) is 88.8 Å². The summed E-state index contributed by atoms with van der Waals surface area (Å²) in [5, 5.41) is 10.9. The van der Waals surface area contributed by atoms with Crippen molar-refractivity contribution in [2.45, 2.75) is 63.0 Å². The molecule has 1 aliphatic carbocycles. The van der Waals surface area contributed by atoms with Crippen LogP contribution in [0.5, 0.6) is 5.75 Å². The molecule has 39 heavy (non-hydrogen) atoms. The monoisotopic (exact) mass is 535 g/mol. The normalized spacial score (nSPS) is 24.0. The van der Waals surface area contributed by atoms with Crippen LogP contribution in [0.3, 0.4) is 0 Å². The topological polar surface area (TPSA) is 74.6 Å². The highest BCUT2D eigenvalue weighted by molar-refractivity contribution is 5.72. The van der Waals surface area contributed by atoms with Gasteiger partial charge in [0.05, 0.1) is 36.5 Å². The van der Waals surface area contributed by atoms with Gasteiger partial charge in [0, 0.05) is 17.5 Å². The Labute approximate surface area is 227 Å². The first kappa shape index (κ1) is 26.1. The van der Waals surface area contributed by atoms with Gasteiger partial charge in [0.1, 0.15) is 18.1 Å². The number of likely N-dealkylation sites (tertiary alicyclic amines) is 1. The summed E-state index contributed by atoms with van der Waals surface area (Å²) in [6.07, 6.45) is 8.04. The van der Waals surface area contributed by atoms with E-state index in [-0.39, 0.29) is 17.5 Å². The molecule has 2 aromatic heterocycles. The molecule has 7 nitrogen and oxygen atoms in total. The summed E-state index contributed by atoms with van der Waals surface area (Å²) in [7, 11) is 2.15. The molecule has 1 saturated carbocycles. The fourth-order valence-electron chi connectivity index (χ4n) is 6.36. The molecular weight excluding hydrogens is 500 g/mol. The number of benzene rings is 1. The summed E-state index contributed by atoms with van der Waals surface area (Å²) in [6, 6.07) is 6.92. The summed E-state index contributed by atoms with van der Waals surface area (Å²) in [6.45, 7) is 4.85. The summed E-state index contributed by atoms with van der Waals surface area (Å²) in [4.78, 5) is 17.7. The second-order valence-electron chi connectivity index (χ2n) is 11.4. The van der Waals surface area contributed by atoms with Crippen molar-refractivity contribution in [3.63, 3.8) is 0 Å². The van der Waals surface area contributed by atoms with Crippen LogP contribution in [0.4, 0.5) is 14.5 Å². The van der Waals surface area contributed by atoms with Crippen molar-refractivity contribution in [2.75, 3.05) is 38.2 Å². The third-order valence-corrected chi connectivity index (χ3v) is 8.61. The van der Waals surface area contributed by atoms with E-state index in [1.807, 2.05) is 24.1 Å². The second kappa shape index (κ2) is 10.4. The molecule has 3 aromatic rings. The van der Waals surface area contributed by atoms with Crippen LogP contribution in [0.1, 0.15) is 62.0 Å². The predicted octanol–water partition coefficient (Wildman–Crippen LogP) is 4.72. The van der Waals surface area contributed by atoms with Gasteiger partial charge < -0.3 is 19.6 Å². The van der Waals surface area contributed by atoms with Gasteiger partial charge in [-0.25, -0.2) is 18.7 Å². The Morgan fingerprint density at radius 1 is 1.05 bits per heavy atom. The number of rotatable bonds is 5. The van der Waals surface area contributed by atoms with Crippen molar-refractivity contribution < 1.29 is 18.6 Å². The molecule has 2 fully saturated rings. The maximum atomic E-state index is 15.3. The van der Waals surface area contributed by atoms with Gasteiger partial charge >= 0.3 is 0 Å². The Morgan fingerprint density at radius 2 is 1.87 bits per heavy atom. The Kier molecular flexibility index (Phi) is 6.97. The van der Waals surface area contributed by atoms with E-state index in [2.05, 4.69) is 33.0 Å². The minimum atomic E-state index is -0.885. The van der Waals surface area contributed by atoms with Crippen LogP contribution in [0.25, 0.3) is 11.3 Å². The van der Waals surface area contributed by atoms with Gasteiger partial charge in [0.2, 0.25) is 0 Å². The minimum Gasteiger partial charge on any atom is -0.486 e. The number of nitrogens with zero attached hydrogens (tertiary/aromatic N) is 5. The molecule has 3 aliphatic rings. The molecule has 1 N–H and O–H groups in total. The molecule has 206 valence electrons. The highest BCUT2D eigenvalue weighted by atomic mass is 19.1. The molecule has 0 amide bonds. The number of aliphatic hydroxyl groups is 1. The smallest absolute Gasteiger partial charge is 0.178 e. The highest BCUT2D eigenvalue weighted by Gasteiger charge is 2.42. The maximum Gasteiger partial charge on any atom is 0.178 e. The van der Waals surface area contributed by atoms with Gasteiger partial charge in [-0.3, -0.25) is 4.98 Å². The van der Waals surface area contributed by atoms with E-state index in [1.165, 1.54) is 11.6 Å². The largest absolute Gasteiger partial charge is 0.486 e. The van der Waals surface area contributed by atoms with E-state index < -0.39 is 17.2 Å². The number of aromatic nitrogens is 3. The number of halogens is 2. The summed E-state index contributed by atoms with van der Waals surface area (Å²) in [5.74, 6) is -0.130. The molecule has 2 aliphatic heterocycles. The first-order valence-electron chi connectivity index (χ1n) is 13.9. The molecule has 6 rings (SSSR count). The molecule has 0 spiro atoms. The van der Waals surface area contributed by atoms with E-state index in [1.54, 1.807) is 6.07 Å². The lowest BCUT2D eigenvalue weighted by atomic mass is 9.90. The van der Waals surface area contributed by atoms with Crippen molar-refractivity contribution >= 4 is 5.69 Å². The van der Waals surface area contributed by atoms with E-state index in [0.29, 0.717) is 49.0 Å². The first-order chi connectivity index (χ1) is 18.8. The predicted molar refractivity (Wildman–Crippen MR) is 145 cm³/mol. The lowest BCUT2D eigenvalue weighted by molar-refractivity contribution is 0.0468. The quantitative estimate of drug-likeness (QED) is 0.507. The molecule has 1 aromatic carbocycles. The third-order valence-electron chi connectivity index (χ3n) is 8.61. The van der Waals surface area contributed by atoms with E-state index >= 15 is 8.78 Å². The van der Waals surface area contributed by atoms with Gasteiger partial charge in [0.25, 0.3) is 0 Å². The minimum absolute atomic E-state index is 0.0355. The van der Waals surface area contributed by atoms with Crippen molar-refractivity contribution in [3.8, 4) is 17.0 Å². The Morgan fingerprint density at radius 3 is 2.59 bits per heavy atom. The fourth-order valence-corrected chi connectivity index (χ4v) is 6.36. The van der Waals surface area contributed by atoms with Crippen LogP contribution in [0, 0.1) is 11.6 Å². The van der Waals surface area contributed by atoms with E-state index in [9.17, 15) is 5.11 Å². The zero-order chi connectivity index (χ0) is 27.1. The zero-order valence-corrected chi connectivity index (χ0v) is 22.5. The zero-order valence-electron chi connectivity index (χ0n) is 22.5. The second-order valence-corrected chi connectivity index (χ2v) is 11.4. The molecular formula is C30H35F2N5O2. The molecule has 1 saturated heterocycles. The summed E-state index contributed by atoms with van der Waals surface area (Å²) < 4.78 is 35.9. The molecule has 0 radical (unpaired) electrons. The van der Waals surface area contributed by atoms with Crippen LogP contribution >= 0.6 is 0 Å². The summed E-state index contributed by atoms with van der Waals surface area (Å²) >= 11 is 0. The molecule has 4 heterocycles. The number of hydrogen-bond donors (Lipinski definition) is 1. The molecule has 9 heteroatoms. The van der Waals surface area contributed by atoms with Crippen LogP contribution < -0.4 is 9.64 Å². The molecule has 0 bridgehead atoms. The third kappa shape index (κ3) is 5.22. The highest BCUT2D eigenvalue weighted by Crippen LogP contribution is 2.44. The number of fused-ring (bicyclic) bond motifs is 1. The van der Waals surface area contributed by atoms with Gasteiger partial charge in [0.15, 0.2) is 17.4 Å². The number of anilines is 1. The summed E-state index contributed by atoms with van der Waals surface area (Å²) in [5.41, 5.74) is 2.02. The van der Waals surface area contributed by atoms with Gasteiger partial charge in [-0.2, -0.15) is 0 Å². The van der Waals surface area contributed by atoms with Crippen LogP contribution in [-0.4, -0.2) is 69.9 Å². The van der Waals surface area contributed by atoms with Crippen molar-refractivity contribution in [2.24, 2.45) is 0 Å². The first-order valence-corrected chi connectivity index (χ1v) is 13.9. The molecule has 2 atom stereocenters. The fraction of sp³-hybridized carbons (Fsp3) is 0.500. The van der Waals surface area contributed by atoms with E-state index in [0.717, 1.165) is 50.7 Å². The Hall–Kier alpha value is -3.17. The number of ether oxygens (including phenoxy) is 1. The Bertz CT molecular complexity index is 1340. The van der Waals surface area contributed by atoms with Crippen LogP contribution in [-0.2, 0) is 6.42 Å². The van der Waals surface area contributed by atoms with Crippen LogP contribution in [0.15, 0.2) is 36.7 Å². The molecule has 2 unspecified atom stereocenters. The van der Waals surface area contributed by atoms with Crippen molar-refractivity contribution in [1.29, 1.82) is 0 Å². The van der Waals surface area contributed by atoms with Gasteiger partial charge in [-0.1, -0.05) is 6.07 Å². The maximum absolute atomic E-state index is 15.3. The lowest BCUT2D eigenvalue weighted by Gasteiger charge is -2.41.